The maximum Gasteiger partial charge on any atom is 0.256 e. The van der Waals surface area contributed by atoms with Crippen LogP contribution in [0, 0.1) is 13.8 Å². The summed E-state index contributed by atoms with van der Waals surface area (Å²) in [6.45, 7) is 4.91. The van der Waals surface area contributed by atoms with Gasteiger partial charge in [0.2, 0.25) is 5.89 Å². The van der Waals surface area contributed by atoms with Gasteiger partial charge in [-0.1, -0.05) is 17.3 Å². The average Bonchev–Trinajstić information content (AvgIpc) is 3.15. The van der Waals surface area contributed by atoms with E-state index in [-0.39, 0.29) is 5.91 Å². The van der Waals surface area contributed by atoms with Gasteiger partial charge in [0.1, 0.15) is 5.00 Å². The van der Waals surface area contributed by atoms with Crippen molar-refractivity contribution in [2.45, 2.75) is 26.9 Å². The van der Waals surface area contributed by atoms with Crippen molar-refractivity contribution in [3.63, 3.8) is 0 Å². The second-order valence-electron chi connectivity index (χ2n) is 5.89. The fraction of sp³-hybridized carbons (Fsp3) is 0.294. The molecule has 8 heteroatoms. The van der Waals surface area contributed by atoms with Gasteiger partial charge in [-0.2, -0.15) is 9.36 Å². The summed E-state index contributed by atoms with van der Waals surface area (Å²) < 4.78 is 9.29. The van der Waals surface area contributed by atoms with Crippen LogP contribution in [0.15, 0.2) is 34.9 Å². The zero-order valence-corrected chi connectivity index (χ0v) is 15.1. The average molecular weight is 357 g/mol. The van der Waals surface area contributed by atoms with E-state index in [1.54, 1.807) is 13.0 Å². The lowest BCUT2D eigenvalue weighted by Crippen LogP contribution is -2.18. The fourth-order valence-corrected chi connectivity index (χ4v) is 3.08. The van der Waals surface area contributed by atoms with Crippen molar-refractivity contribution < 1.29 is 9.32 Å². The van der Waals surface area contributed by atoms with Crippen molar-refractivity contribution in [3.8, 4) is 0 Å². The van der Waals surface area contributed by atoms with Gasteiger partial charge in [0.15, 0.2) is 5.82 Å². The molecule has 25 heavy (non-hydrogen) atoms. The highest BCUT2D eigenvalue weighted by atomic mass is 32.1. The third-order valence-corrected chi connectivity index (χ3v) is 4.28. The number of amides is 1. The van der Waals surface area contributed by atoms with Crippen molar-refractivity contribution in [1.82, 2.24) is 19.4 Å². The largest absolute Gasteiger partial charge is 0.338 e. The Kier molecular flexibility index (Phi) is 5.20. The van der Waals surface area contributed by atoms with Crippen molar-refractivity contribution >= 4 is 22.4 Å². The Bertz CT molecular complexity index is 873. The molecular weight excluding hydrogens is 338 g/mol. The van der Waals surface area contributed by atoms with Crippen LogP contribution in [0.1, 0.15) is 33.3 Å². The maximum atomic E-state index is 12.4. The molecule has 1 aromatic carbocycles. The Labute approximate surface area is 149 Å². The molecule has 0 aliphatic rings. The standard InChI is InChI=1S/C17H19N5O2S/c1-11-7-16(25-21-11)19-17(23)14-6-4-5-13(8-14)9-22(3)10-15-18-12(2)20-24-15/h4-8H,9-10H2,1-3H3,(H,19,23). The molecule has 0 bridgehead atoms. The molecule has 0 aliphatic carbocycles. The number of benzene rings is 1. The number of anilines is 1. The van der Waals surface area contributed by atoms with Crippen LogP contribution in [0.5, 0.6) is 0 Å². The summed E-state index contributed by atoms with van der Waals surface area (Å²) in [5, 5.41) is 7.41. The lowest BCUT2D eigenvalue weighted by molar-refractivity contribution is 0.102. The monoisotopic (exact) mass is 357 g/mol. The normalized spacial score (nSPS) is 11.0. The first-order valence-electron chi connectivity index (χ1n) is 7.81. The highest BCUT2D eigenvalue weighted by Crippen LogP contribution is 2.17. The van der Waals surface area contributed by atoms with Crippen LogP contribution >= 0.6 is 11.5 Å². The molecule has 0 atom stereocenters. The molecule has 0 spiro atoms. The van der Waals surface area contributed by atoms with E-state index >= 15 is 0 Å². The van der Waals surface area contributed by atoms with Gasteiger partial charge in [-0.25, -0.2) is 0 Å². The van der Waals surface area contributed by atoms with Crippen LogP contribution in [0.2, 0.25) is 0 Å². The van der Waals surface area contributed by atoms with E-state index < -0.39 is 0 Å². The summed E-state index contributed by atoms with van der Waals surface area (Å²) in [5.74, 6) is 1.07. The number of hydrogen-bond donors (Lipinski definition) is 1. The zero-order valence-electron chi connectivity index (χ0n) is 14.3. The van der Waals surface area contributed by atoms with Gasteiger partial charge in [0, 0.05) is 12.1 Å². The third kappa shape index (κ3) is 4.71. The number of nitrogens with zero attached hydrogens (tertiary/aromatic N) is 4. The van der Waals surface area contributed by atoms with Crippen molar-refractivity contribution in [1.29, 1.82) is 0 Å². The molecule has 130 valence electrons. The predicted molar refractivity (Wildman–Crippen MR) is 95.5 cm³/mol. The van der Waals surface area contributed by atoms with Gasteiger partial charge in [-0.3, -0.25) is 9.69 Å². The summed E-state index contributed by atoms with van der Waals surface area (Å²) >= 11 is 1.28. The Balaban J connectivity index is 1.63. The number of aryl methyl sites for hydroxylation is 2. The first kappa shape index (κ1) is 17.2. The summed E-state index contributed by atoms with van der Waals surface area (Å²) in [4.78, 5) is 18.6. The summed E-state index contributed by atoms with van der Waals surface area (Å²) in [5.41, 5.74) is 2.55. The molecule has 0 saturated carbocycles. The highest BCUT2D eigenvalue weighted by Gasteiger charge is 2.11. The zero-order chi connectivity index (χ0) is 17.8. The van der Waals surface area contributed by atoms with Gasteiger partial charge >= 0.3 is 0 Å². The molecule has 2 heterocycles. The maximum absolute atomic E-state index is 12.4. The quantitative estimate of drug-likeness (QED) is 0.730. The number of hydrogen-bond acceptors (Lipinski definition) is 7. The van der Waals surface area contributed by atoms with Gasteiger partial charge in [0.05, 0.1) is 12.2 Å². The van der Waals surface area contributed by atoms with E-state index in [2.05, 4.69) is 24.7 Å². The molecule has 0 unspecified atom stereocenters. The van der Waals surface area contributed by atoms with Gasteiger partial charge < -0.3 is 9.84 Å². The topological polar surface area (TPSA) is 84.2 Å². The van der Waals surface area contributed by atoms with E-state index in [4.69, 9.17) is 4.52 Å². The second-order valence-corrected chi connectivity index (χ2v) is 6.70. The van der Waals surface area contributed by atoms with E-state index in [0.717, 1.165) is 16.3 Å². The Morgan fingerprint density at radius 1 is 1.28 bits per heavy atom. The molecule has 2 aromatic heterocycles. The van der Waals surface area contributed by atoms with Crippen LogP contribution in [0.3, 0.4) is 0 Å². The number of aromatic nitrogens is 3. The molecular formula is C17H19N5O2S. The van der Waals surface area contributed by atoms with E-state index in [0.29, 0.717) is 30.4 Å². The second kappa shape index (κ2) is 7.54. The molecule has 0 aliphatic heterocycles. The lowest BCUT2D eigenvalue weighted by atomic mass is 10.1. The molecule has 1 amide bonds. The Morgan fingerprint density at radius 2 is 2.12 bits per heavy atom. The third-order valence-electron chi connectivity index (χ3n) is 3.48. The minimum atomic E-state index is -0.138. The molecule has 3 aromatic rings. The Morgan fingerprint density at radius 3 is 2.80 bits per heavy atom. The van der Waals surface area contributed by atoms with Crippen LogP contribution in [-0.4, -0.2) is 32.4 Å². The first-order valence-corrected chi connectivity index (χ1v) is 8.58. The SMILES string of the molecule is Cc1cc(NC(=O)c2cccc(CN(C)Cc3nc(C)no3)c2)sn1. The van der Waals surface area contributed by atoms with E-state index in [1.165, 1.54) is 11.5 Å². The molecule has 7 nitrogen and oxygen atoms in total. The predicted octanol–water partition coefficient (Wildman–Crippen LogP) is 3.03. The van der Waals surface area contributed by atoms with Crippen molar-refractivity contribution in [2.24, 2.45) is 0 Å². The van der Waals surface area contributed by atoms with Crippen LogP contribution in [-0.2, 0) is 13.1 Å². The number of nitrogens with one attached hydrogen (secondary N) is 1. The highest BCUT2D eigenvalue weighted by molar-refractivity contribution is 7.10. The number of carbonyl (C=O) groups is 1. The van der Waals surface area contributed by atoms with Crippen molar-refractivity contribution in [2.75, 3.05) is 12.4 Å². The van der Waals surface area contributed by atoms with E-state index in [1.807, 2.05) is 38.2 Å². The summed E-state index contributed by atoms with van der Waals surface area (Å²) in [6, 6.07) is 9.41. The van der Waals surface area contributed by atoms with Crippen LogP contribution in [0.25, 0.3) is 0 Å². The molecule has 0 fully saturated rings. The minimum Gasteiger partial charge on any atom is -0.338 e. The smallest absolute Gasteiger partial charge is 0.256 e. The minimum absolute atomic E-state index is 0.138. The van der Waals surface area contributed by atoms with Crippen LogP contribution < -0.4 is 5.32 Å². The van der Waals surface area contributed by atoms with Gasteiger partial charge in [0.25, 0.3) is 5.91 Å². The number of carbonyl (C=O) groups excluding carboxylic acids is 1. The van der Waals surface area contributed by atoms with Crippen molar-refractivity contribution in [3.05, 3.63) is 58.9 Å². The van der Waals surface area contributed by atoms with E-state index in [9.17, 15) is 4.79 Å². The molecule has 0 radical (unpaired) electrons. The Hall–Kier alpha value is -2.58. The number of rotatable bonds is 6. The fourth-order valence-electron chi connectivity index (χ4n) is 2.42. The molecule has 1 N–H and O–H groups in total. The molecule has 3 rings (SSSR count). The molecule has 0 saturated heterocycles. The van der Waals surface area contributed by atoms with Crippen LogP contribution in [0.4, 0.5) is 5.00 Å². The lowest BCUT2D eigenvalue weighted by Gasteiger charge is -2.14. The van der Waals surface area contributed by atoms with Gasteiger partial charge in [-0.05, 0) is 56.2 Å². The summed E-state index contributed by atoms with van der Waals surface area (Å²) in [7, 11) is 1.96. The van der Waals surface area contributed by atoms with Gasteiger partial charge in [-0.15, -0.1) is 0 Å². The first-order chi connectivity index (χ1) is 12.0. The summed E-state index contributed by atoms with van der Waals surface area (Å²) in [6.07, 6.45) is 0.